The minimum absolute atomic E-state index is 0. The van der Waals surface area contributed by atoms with Gasteiger partial charge >= 0.3 is 0 Å². The van der Waals surface area contributed by atoms with Crippen LogP contribution in [0.3, 0.4) is 0 Å². The highest BCUT2D eigenvalue weighted by atomic mass is 35.5. The number of β-amino-alcohol motifs (C(OH)–C–C–N with tert-alkyl or cyclic N) is 1. The van der Waals surface area contributed by atoms with Crippen LogP contribution in [0.2, 0.25) is 0 Å². The Morgan fingerprint density at radius 3 is 2.36 bits per heavy atom. The van der Waals surface area contributed by atoms with Crippen LogP contribution in [-0.2, 0) is 4.79 Å². The van der Waals surface area contributed by atoms with E-state index in [-0.39, 0.29) is 36.3 Å². The second-order valence-electron chi connectivity index (χ2n) is 6.66. The molecule has 3 atom stereocenters. The lowest BCUT2D eigenvalue weighted by Gasteiger charge is -2.18. The van der Waals surface area contributed by atoms with Crippen LogP contribution in [0.25, 0.3) is 0 Å². The predicted octanol–water partition coefficient (Wildman–Crippen LogP) is 2.40. The first-order valence-electron chi connectivity index (χ1n) is 8.81. The van der Waals surface area contributed by atoms with Gasteiger partial charge in [0.2, 0.25) is 5.91 Å². The van der Waals surface area contributed by atoms with Crippen molar-refractivity contribution >= 4 is 29.9 Å². The fourth-order valence-electron chi connectivity index (χ4n) is 2.97. The summed E-state index contributed by atoms with van der Waals surface area (Å²) in [6.07, 6.45) is -0.0764. The normalized spacial score (nSPS) is 19.4. The Hall–Kier alpha value is -2.48. The molecule has 2 amide bonds. The van der Waals surface area contributed by atoms with E-state index < -0.39 is 11.9 Å². The molecule has 0 aromatic heterocycles. The van der Waals surface area contributed by atoms with Gasteiger partial charge in [0, 0.05) is 17.8 Å². The highest BCUT2D eigenvalue weighted by Crippen LogP contribution is 2.18. The smallest absolute Gasteiger partial charge is 0.255 e. The second kappa shape index (κ2) is 9.64. The van der Waals surface area contributed by atoms with Gasteiger partial charge < -0.3 is 21.1 Å². The zero-order valence-corrected chi connectivity index (χ0v) is 16.1. The fraction of sp³-hybridized carbons (Fsp3) is 0.300. The summed E-state index contributed by atoms with van der Waals surface area (Å²) >= 11 is 0. The second-order valence-corrected chi connectivity index (χ2v) is 6.66. The summed E-state index contributed by atoms with van der Waals surface area (Å²) in [6.45, 7) is 2.30. The molecular weight excluding hydrogens is 385 g/mol. The number of benzene rings is 2. The van der Waals surface area contributed by atoms with E-state index in [0.29, 0.717) is 24.2 Å². The van der Waals surface area contributed by atoms with Crippen LogP contribution in [0.4, 0.5) is 10.1 Å². The molecule has 4 N–H and O–H groups in total. The molecule has 1 aliphatic rings. The molecular formula is C20H23ClFN3O3. The Morgan fingerprint density at radius 1 is 1.14 bits per heavy atom. The molecule has 3 unspecified atom stereocenters. The molecule has 0 radical (unpaired) electrons. The van der Waals surface area contributed by atoms with Gasteiger partial charge in [0.05, 0.1) is 18.2 Å². The Kier molecular flexibility index (Phi) is 7.51. The molecule has 6 nitrogen and oxygen atoms in total. The molecule has 1 saturated heterocycles. The maximum Gasteiger partial charge on any atom is 0.255 e. The van der Waals surface area contributed by atoms with Crippen molar-refractivity contribution in [3.8, 4) is 0 Å². The number of aliphatic hydroxyl groups excluding tert-OH is 1. The van der Waals surface area contributed by atoms with Crippen molar-refractivity contribution in [2.75, 3.05) is 11.9 Å². The number of rotatable bonds is 5. The van der Waals surface area contributed by atoms with E-state index in [1.807, 2.05) is 19.1 Å². The van der Waals surface area contributed by atoms with Gasteiger partial charge in [-0.3, -0.25) is 9.59 Å². The van der Waals surface area contributed by atoms with Crippen LogP contribution in [0, 0.1) is 5.82 Å². The van der Waals surface area contributed by atoms with Crippen molar-refractivity contribution < 1.29 is 19.1 Å². The van der Waals surface area contributed by atoms with Crippen molar-refractivity contribution in [3.05, 3.63) is 65.5 Å². The molecule has 2 aromatic rings. The van der Waals surface area contributed by atoms with Crippen molar-refractivity contribution in [1.29, 1.82) is 0 Å². The average molecular weight is 408 g/mol. The van der Waals surface area contributed by atoms with E-state index in [0.717, 1.165) is 5.56 Å². The zero-order valence-electron chi connectivity index (χ0n) is 15.3. The third-order valence-electron chi connectivity index (χ3n) is 4.56. The number of carbonyl (C=O) groups is 2. The molecule has 0 saturated carbocycles. The number of hydrogen-bond acceptors (Lipinski definition) is 4. The van der Waals surface area contributed by atoms with Gasteiger partial charge in [0.15, 0.2) is 0 Å². The number of anilines is 1. The number of aliphatic hydroxyl groups is 1. The molecule has 3 rings (SSSR count). The summed E-state index contributed by atoms with van der Waals surface area (Å²) in [6, 6.07) is 11.9. The molecule has 150 valence electrons. The zero-order chi connectivity index (χ0) is 19.4. The standard InChI is InChI=1S/C20H22FN3O3.ClH/c1-12(23-20(27)18-10-17(25)11-22-18)13-4-8-16(9-5-13)24-19(26)14-2-6-15(21)7-3-14;/h2-9,12,17-18,22,25H,10-11H2,1H3,(H,23,27)(H,24,26);1H. The minimum Gasteiger partial charge on any atom is -0.392 e. The third kappa shape index (κ3) is 5.51. The summed E-state index contributed by atoms with van der Waals surface area (Å²) < 4.78 is 12.9. The van der Waals surface area contributed by atoms with E-state index >= 15 is 0 Å². The van der Waals surface area contributed by atoms with E-state index in [4.69, 9.17) is 0 Å². The summed E-state index contributed by atoms with van der Waals surface area (Å²) in [5.74, 6) is -0.864. The summed E-state index contributed by atoms with van der Waals surface area (Å²) in [7, 11) is 0. The third-order valence-corrected chi connectivity index (χ3v) is 4.56. The van der Waals surface area contributed by atoms with Gasteiger partial charge in [-0.25, -0.2) is 4.39 Å². The van der Waals surface area contributed by atoms with E-state index in [9.17, 15) is 19.1 Å². The summed E-state index contributed by atoms with van der Waals surface area (Å²) in [4.78, 5) is 24.3. The van der Waals surface area contributed by atoms with Gasteiger partial charge in [-0.15, -0.1) is 12.4 Å². The van der Waals surface area contributed by atoms with Gasteiger partial charge in [-0.2, -0.15) is 0 Å². The SMILES string of the molecule is CC(NC(=O)C1CC(O)CN1)c1ccc(NC(=O)c2ccc(F)cc2)cc1.Cl. The van der Waals surface area contributed by atoms with Gasteiger partial charge in [0.25, 0.3) is 5.91 Å². The molecule has 0 aliphatic carbocycles. The Morgan fingerprint density at radius 2 is 1.79 bits per heavy atom. The van der Waals surface area contributed by atoms with Crippen LogP contribution in [0.5, 0.6) is 0 Å². The molecule has 28 heavy (non-hydrogen) atoms. The number of hydrogen-bond donors (Lipinski definition) is 4. The monoisotopic (exact) mass is 407 g/mol. The largest absolute Gasteiger partial charge is 0.392 e. The lowest BCUT2D eigenvalue weighted by Crippen LogP contribution is -2.41. The van der Waals surface area contributed by atoms with Crippen molar-refractivity contribution in [1.82, 2.24) is 10.6 Å². The van der Waals surface area contributed by atoms with Crippen LogP contribution in [0.15, 0.2) is 48.5 Å². The lowest BCUT2D eigenvalue weighted by atomic mass is 10.1. The van der Waals surface area contributed by atoms with Crippen LogP contribution in [0.1, 0.15) is 35.3 Å². The predicted molar refractivity (Wildman–Crippen MR) is 107 cm³/mol. The van der Waals surface area contributed by atoms with Crippen molar-refractivity contribution in [2.45, 2.75) is 31.5 Å². The number of amides is 2. The molecule has 0 bridgehead atoms. The molecule has 0 spiro atoms. The average Bonchev–Trinajstić information content (AvgIpc) is 3.09. The fourth-order valence-corrected chi connectivity index (χ4v) is 2.97. The Labute approximate surface area is 168 Å². The number of halogens is 2. The summed E-state index contributed by atoms with van der Waals surface area (Å²) in [5, 5.41) is 18.1. The molecule has 8 heteroatoms. The quantitative estimate of drug-likeness (QED) is 0.612. The number of carbonyl (C=O) groups excluding carboxylic acids is 2. The maximum atomic E-state index is 12.9. The van der Waals surface area contributed by atoms with Gasteiger partial charge in [-0.05, 0) is 55.3 Å². The van der Waals surface area contributed by atoms with E-state index in [1.54, 1.807) is 12.1 Å². The van der Waals surface area contributed by atoms with Crippen molar-refractivity contribution in [2.24, 2.45) is 0 Å². The van der Waals surface area contributed by atoms with Gasteiger partial charge in [-0.1, -0.05) is 12.1 Å². The van der Waals surface area contributed by atoms with Gasteiger partial charge in [0.1, 0.15) is 5.82 Å². The van der Waals surface area contributed by atoms with E-state index in [2.05, 4.69) is 16.0 Å². The highest BCUT2D eigenvalue weighted by Gasteiger charge is 2.28. The minimum atomic E-state index is -0.486. The van der Waals surface area contributed by atoms with Crippen LogP contribution in [-0.4, -0.2) is 35.6 Å². The molecule has 1 fully saturated rings. The Bertz CT molecular complexity index is 814. The molecule has 1 heterocycles. The van der Waals surface area contributed by atoms with Crippen LogP contribution >= 0.6 is 12.4 Å². The number of nitrogens with one attached hydrogen (secondary N) is 3. The van der Waals surface area contributed by atoms with E-state index in [1.165, 1.54) is 24.3 Å². The molecule has 1 aliphatic heterocycles. The van der Waals surface area contributed by atoms with Crippen molar-refractivity contribution in [3.63, 3.8) is 0 Å². The first-order valence-corrected chi connectivity index (χ1v) is 8.81. The maximum absolute atomic E-state index is 12.9. The summed E-state index contributed by atoms with van der Waals surface area (Å²) in [5.41, 5.74) is 1.86. The lowest BCUT2D eigenvalue weighted by molar-refractivity contribution is -0.123. The molecule has 2 aromatic carbocycles. The first-order chi connectivity index (χ1) is 12.9. The highest BCUT2D eigenvalue weighted by molar-refractivity contribution is 6.04. The first kappa shape index (κ1) is 21.8. The van der Waals surface area contributed by atoms with Crippen LogP contribution < -0.4 is 16.0 Å². The topological polar surface area (TPSA) is 90.5 Å². The Balaban J connectivity index is 0.00000280.